The molecule has 0 fully saturated rings. The highest BCUT2D eigenvalue weighted by molar-refractivity contribution is 6.21. The second-order valence-corrected chi connectivity index (χ2v) is 5.32. The van der Waals surface area contributed by atoms with E-state index in [0.717, 1.165) is 28.1 Å². The zero-order valence-electron chi connectivity index (χ0n) is 12.9. The van der Waals surface area contributed by atoms with E-state index < -0.39 is 0 Å². The van der Waals surface area contributed by atoms with Gasteiger partial charge in [0.05, 0.1) is 12.8 Å². The number of fused-ring (bicyclic) bond motifs is 1. The summed E-state index contributed by atoms with van der Waals surface area (Å²) in [6.07, 6.45) is 3.49. The van der Waals surface area contributed by atoms with Crippen LogP contribution in [0.2, 0.25) is 0 Å². The molecule has 0 unspecified atom stereocenters. The Labute approximate surface area is 138 Å². The smallest absolute Gasteiger partial charge is 0.310 e. The molecule has 0 aliphatic carbocycles. The molecule has 2 heterocycles. The van der Waals surface area contributed by atoms with Gasteiger partial charge in [-0.05, 0) is 36.4 Å². The maximum absolute atomic E-state index is 10.1. The number of aliphatic imine (C=N–C) groups is 1. The third-order valence-electron chi connectivity index (χ3n) is 3.80. The highest BCUT2D eigenvalue weighted by Gasteiger charge is 2.17. The van der Waals surface area contributed by atoms with Crippen molar-refractivity contribution in [1.29, 1.82) is 0 Å². The van der Waals surface area contributed by atoms with E-state index in [2.05, 4.69) is 9.98 Å². The first-order valence-corrected chi connectivity index (χ1v) is 7.44. The third-order valence-corrected chi connectivity index (χ3v) is 3.80. The predicted octanol–water partition coefficient (Wildman–Crippen LogP) is 4.31. The zero-order chi connectivity index (χ0) is 16.5. The molecule has 0 saturated heterocycles. The molecule has 1 aliphatic rings. The quantitative estimate of drug-likeness (QED) is 0.781. The molecule has 1 N–H and O–H groups in total. The van der Waals surface area contributed by atoms with E-state index in [9.17, 15) is 5.11 Å². The molecule has 0 atom stereocenters. The summed E-state index contributed by atoms with van der Waals surface area (Å²) in [5, 5.41) is 10.1. The minimum Gasteiger partial charge on any atom is -0.497 e. The Hall–Kier alpha value is -3.34. The van der Waals surface area contributed by atoms with Crippen LogP contribution in [-0.2, 0) is 0 Å². The molecule has 5 heteroatoms. The first-order chi connectivity index (χ1) is 11.7. The lowest BCUT2D eigenvalue weighted by atomic mass is 10.1. The van der Waals surface area contributed by atoms with Crippen LogP contribution in [0.1, 0.15) is 11.3 Å². The Morgan fingerprint density at radius 1 is 1.12 bits per heavy atom. The summed E-state index contributed by atoms with van der Waals surface area (Å²) in [5.74, 6) is 0.909. The summed E-state index contributed by atoms with van der Waals surface area (Å²) < 4.78 is 10.6. The second kappa shape index (κ2) is 5.70. The fourth-order valence-corrected chi connectivity index (χ4v) is 2.58. The first kappa shape index (κ1) is 14.3. The number of rotatable bonds is 3. The van der Waals surface area contributed by atoms with E-state index >= 15 is 0 Å². The van der Waals surface area contributed by atoms with E-state index in [1.165, 1.54) is 0 Å². The predicted molar refractivity (Wildman–Crippen MR) is 92.6 cm³/mol. The van der Waals surface area contributed by atoms with Crippen molar-refractivity contribution in [3.8, 4) is 23.1 Å². The Kier molecular flexibility index (Phi) is 3.39. The van der Waals surface area contributed by atoms with E-state index in [0.29, 0.717) is 11.6 Å². The fourth-order valence-electron chi connectivity index (χ4n) is 2.58. The summed E-state index contributed by atoms with van der Waals surface area (Å²) >= 11 is 0. The van der Waals surface area contributed by atoms with Gasteiger partial charge in [0.25, 0.3) is 0 Å². The molecule has 3 aromatic rings. The number of hydrogen-bond acceptors (Lipinski definition) is 5. The number of ether oxygens (including phenoxy) is 1. The number of aromatic hydroxyl groups is 1. The van der Waals surface area contributed by atoms with Gasteiger partial charge in [0.2, 0.25) is 5.89 Å². The van der Waals surface area contributed by atoms with Crippen LogP contribution >= 0.6 is 0 Å². The number of hydrogen-bond donors (Lipinski definition) is 1. The standard InChI is InChI=1S/C19H14N2O3/c1-23-14-7-8-16-15(10-14)13(11-20-16)9-17-19(22)24-18(21-17)12-5-3-2-4-6-12/h2-11,22H,1H3. The summed E-state index contributed by atoms with van der Waals surface area (Å²) in [4.78, 5) is 8.73. The van der Waals surface area contributed by atoms with Crippen molar-refractivity contribution in [2.75, 3.05) is 7.11 Å². The first-order valence-electron chi connectivity index (χ1n) is 7.44. The lowest BCUT2D eigenvalue weighted by Gasteiger charge is -2.03. The Balaban J connectivity index is 1.74. The molecule has 2 aromatic carbocycles. The van der Waals surface area contributed by atoms with Crippen molar-refractivity contribution < 1.29 is 14.3 Å². The van der Waals surface area contributed by atoms with Gasteiger partial charge in [0, 0.05) is 22.9 Å². The average Bonchev–Trinajstić information content (AvgIpc) is 3.19. The van der Waals surface area contributed by atoms with Crippen molar-refractivity contribution in [3.63, 3.8) is 0 Å². The number of oxazole rings is 1. The maximum Gasteiger partial charge on any atom is 0.310 e. The van der Waals surface area contributed by atoms with Gasteiger partial charge in [-0.25, -0.2) is 4.98 Å². The van der Waals surface area contributed by atoms with Gasteiger partial charge in [-0.15, -0.1) is 0 Å². The van der Waals surface area contributed by atoms with Crippen molar-refractivity contribution in [2.45, 2.75) is 0 Å². The number of methoxy groups -OCH3 is 1. The van der Waals surface area contributed by atoms with Crippen molar-refractivity contribution in [2.24, 2.45) is 4.99 Å². The monoisotopic (exact) mass is 318 g/mol. The van der Waals surface area contributed by atoms with Crippen LogP contribution in [-0.4, -0.2) is 23.4 Å². The van der Waals surface area contributed by atoms with Gasteiger partial charge < -0.3 is 14.3 Å². The van der Waals surface area contributed by atoms with Gasteiger partial charge in [0.15, 0.2) is 0 Å². The van der Waals surface area contributed by atoms with Gasteiger partial charge >= 0.3 is 5.95 Å². The van der Waals surface area contributed by atoms with Crippen molar-refractivity contribution >= 4 is 23.6 Å². The molecule has 0 bridgehead atoms. The molecule has 1 aromatic heterocycles. The number of benzene rings is 2. The highest BCUT2D eigenvalue weighted by atomic mass is 16.5. The van der Waals surface area contributed by atoms with Crippen LogP contribution in [0.5, 0.6) is 11.7 Å². The molecule has 0 amide bonds. The molecular weight excluding hydrogens is 304 g/mol. The Morgan fingerprint density at radius 3 is 2.75 bits per heavy atom. The Morgan fingerprint density at radius 2 is 1.96 bits per heavy atom. The van der Waals surface area contributed by atoms with Crippen LogP contribution in [0.3, 0.4) is 0 Å². The van der Waals surface area contributed by atoms with Gasteiger partial charge in [-0.3, -0.25) is 4.99 Å². The van der Waals surface area contributed by atoms with Crippen LogP contribution in [0, 0.1) is 0 Å². The Bertz CT molecular complexity index is 956. The maximum atomic E-state index is 10.1. The van der Waals surface area contributed by atoms with Gasteiger partial charge in [-0.1, -0.05) is 18.2 Å². The SMILES string of the molecule is COc1ccc2c(c1)C(=Cc1nc(-c3ccccc3)oc1O)C=N2. The van der Waals surface area contributed by atoms with E-state index in [4.69, 9.17) is 9.15 Å². The summed E-state index contributed by atoms with van der Waals surface area (Å²) in [6.45, 7) is 0. The second-order valence-electron chi connectivity index (χ2n) is 5.32. The zero-order valence-corrected chi connectivity index (χ0v) is 12.9. The molecule has 0 saturated carbocycles. The molecule has 24 heavy (non-hydrogen) atoms. The van der Waals surface area contributed by atoms with E-state index in [1.807, 2.05) is 48.5 Å². The molecule has 1 aliphatic heterocycles. The van der Waals surface area contributed by atoms with E-state index in [1.54, 1.807) is 19.4 Å². The highest BCUT2D eigenvalue weighted by Crippen LogP contribution is 2.36. The van der Waals surface area contributed by atoms with E-state index in [-0.39, 0.29) is 5.95 Å². The van der Waals surface area contributed by atoms with Crippen LogP contribution in [0.25, 0.3) is 23.1 Å². The molecule has 5 nitrogen and oxygen atoms in total. The summed E-state index contributed by atoms with van der Waals surface area (Å²) in [7, 11) is 1.62. The molecule has 0 spiro atoms. The molecule has 4 rings (SSSR count). The third kappa shape index (κ3) is 2.46. The number of aromatic nitrogens is 1. The van der Waals surface area contributed by atoms with Crippen LogP contribution < -0.4 is 4.74 Å². The topological polar surface area (TPSA) is 67.9 Å². The minimum atomic E-state index is -0.217. The number of nitrogens with zero attached hydrogens (tertiary/aromatic N) is 2. The number of allylic oxidation sites excluding steroid dienone is 1. The van der Waals surface area contributed by atoms with Crippen LogP contribution in [0.4, 0.5) is 5.69 Å². The molecule has 118 valence electrons. The van der Waals surface area contributed by atoms with Crippen molar-refractivity contribution in [1.82, 2.24) is 4.98 Å². The largest absolute Gasteiger partial charge is 0.497 e. The normalized spacial score (nSPS) is 14.1. The van der Waals surface area contributed by atoms with Crippen molar-refractivity contribution in [3.05, 3.63) is 59.8 Å². The molecular formula is C19H14N2O3. The minimum absolute atomic E-state index is 0.217. The summed E-state index contributed by atoms with van der Waals surface area (Å²) in [6, 6.07) is 15.1. The fraction of sp³-hybridized carbons (Fsp3) is 0.0526. The average molecular weight is 318 g/mol. The van der Waals surface area contributed by atoms with Gasteiger partial charge in [0.1, 0.15) is 11.4 Å². The lowest BCUT2D eigenvalue weighted by Crippen LogP contribution is -1.86. The molecule has 0 radical (unpaired) electrons. The van der Waals surface area contributed by atoms with Crippen LogP contribution in [0.15, 0.2) is 57.9 Å². The lowest BCUT2D eigenvalue weighted by molar-refractivity contribution is 0.336. The van der Waals surface area contributed by atoms with Gasteiger partial charge in [-0.2, -0.15) is 0 Å². The summed E-state index contributed by atoms with van der Waals surface area (Å²) in [5.41, 5.74) is 3.80.